The van der Waals surface area contributed by atoms with Crippen LogP contribution in [0.2, 0.25) is 10.0 Å². The molecule has 0 aliphatic carbocycles. The fourth-order valence-electron chi connectivity index (χ4n) is 2.09. The average molecular weight is 429 g/mol. The first-order valence-electron chi connectivity index (χ1n) is 7.08. The Balaban J connectivity index is 1.90. The third-order valence-electron chi connectivity index (χ3n) is 3.35. The average Bonchev–Trinajstić information content (AvgIpc) is 2.85. The van der Waals surface area contributed by atoms with Crippen LogP contribution in [-0.2, 0) is 4.79 Å². The molecular weight excluding hydrogens is 421 g/mol. The largest absolute Gasteiger partial charge is 0.286 e. The minimum atomic E-state index is -0.583. The van der Waals surface area contributed by atoms with Gasteiger partial charge in [0.1, 0.15) is 11.6 Å². The number of rotatable bonds is 3. The Labute approximate surface area is 167 Å². The van der Waals surface area contributed by atoms with Crippen LogP contribution in [0.15, 0.2) is 46.4 Å². The molecule has 2 aromatic rings. The molecule has 132 valence electrons. The van der Waals surface area contributed by atoms with Crippen LogP contribution in [0.25, 0.3) is 6.08 Å². The summed E-state index contributed by atoms with van der Waals surface area (Å²) in [4.78, 5) is 12.6. The number of thiocarbonyl (C=S) groups is 1. The van der Waals surface area contributed by atoms with E-state index in [4.69, 9.17) is 35.4 Å². The zero-order valence-electron chi connectivity index (χ0n) is 12.7. The van der Waals surface area contributed by atoms with Gasteiger partial charge in [-0.25, -0.2) is 8.78 Å². The van der Waals surface area contributed by atoms with E-state index in [2.05, 4.69) is 5.10 Å². The van der Waals surface area contributed by atoms with E-state index in [1.54, 1.807) is 0 Å². The summed E-state index contributed by atoms with van der Waals surface area (Å²) in [7, 11) is 0. The quantitative estimate of drug-likeness (QED) is 0.367. The summed E-state index contributed by atoms with van der Waals surface area (Å²) in [6.07, 6.45) is 2.42. The summed E-state index contributed by atoms with van der Waals surface area (Å²) >= 11 is 17.9. The molecule has 1 aliphatic rings. The number of carbonyl (C=O) groups excluding carboxylic acids is 1. The third-order valence-corrected chi connectivity index (χ3v) is 5.29. The Morgan fingerprint density at radius 1 is 1.04 bits per heavy atom. The number of hydrazone groups is 1. The van der Waals surface area contributed by atoms with Gasteiger partial charge in [-0.1, -0.05) is 47.1 Å². The van der Waals surface area contributed by atoms with E-state index in [0.717, 1.165) is 23.0 Å². The van der Waals surface area contributed by atoms with Crippen LogP contribution < -0.4 is 0 Å². The smallest absolute Gasteiger partial charge is 0.266 e. The van der Waals surface area contributed by atoms with Crippen LogP contribution in [0.5, 0.6) is 0 Å². The van der Waals surface area contributed by atoms with E-state index in [-0.39, 0.29) is 30.4 Å². The SMILES string of the molecule is O=C1C(=Cc2c(F)cccc2Cl)SC(=S)N1N=Cc1c(F)cccc1Cl. The van der Waals surface area contributed by atoms with Crippen molar-refractivity contribution in [1.82, 2.24) is 5.01 Å². The monoisotopic (exact) mass is 428 g/mol. The van der Waals surface area contributed by atoms with E-state index in [9.17, 15) is 13.6 Å². The molecule has 3 nitrogen and oxygen atoms in total. The highest BCUT2D eigenvalue weighted by Crippen LogP contribution is 2.34. The fourth-order valence-corrected chi connectivity index (χ4v) is 3.67. The zero-order valence-corrected chi connectivity index (χ0v) is 15.9. The molecule has 1 fully saturated rings. The van der Waals surface area contributed by atoms with E-state index < -0.39 is 17.5 Å². The number of carbonyl (C=O) groups is 1. The lowest BCUT2D eigenvalue weighted by molar-refractivity contribution is -0.122. The Hall–Kier alpha value is -1.80. The maximum Gasteiger partial charge on any atom is 0.286 e. The molecule has 2 aromatic carbocycles. The van der Waals surface area contributed by atoms with Gasteiger partial charge in [-0.05, 0) is 42.6 Å². The van der Waals surface area contributed by atoms with Crippen molar-refractivity contribution < 1.29 is 13.6 Å². The van der Waals surface area contributed by atoms with Gasteiger partial charge in [0.2, 0.25) is 0 Å². The summed E-state index contributed by atoms with van der Waals surface area (Å²) < 4.78 is 27.8. The number of halogens is 4. The molecule has 0 atom stereocenters. The van der Waals surface area contributed by atoms with Crippen molar-refractivity contribution in [1.29, 1.82) is 0 Å². The first kappa shape index (κ1) is 19.0. The molecule has 1 saturated heterocycles. The van der Waals surface area contributed by atoms with E-state index in [0.29, 0.717) is 0 Å². The predicted molar refractivity (Wildman–Crippen MR) is 105 cm³/mol. The molecule has 1 amide bonds. The van der Waals surface area contributed by atoms with Crippen LogP contribution in [0.3, 0.4) is 0 Å². The molecule has 3 rings (SSSR count). The van der Waals surface area contributed by atoms with Crippen molar-refractivity contribution in [2.45, 2.75) is 0 Å². The Morgan fingerprint density at radius 3 is 2.19 bits per heavy atom. The Morgan fingerprint density at radius 2 is 1.62 bits per heavy atom. The number of amides is 1. The van der Waals surface area contributed by atoms with Crippen molar-refractivity contribution in [2.75, 3.05) is 0 Å². The summed E-state index contributed by atoms with van der Waals surface area (Å²) in [5, 5.41) is 5.15. The molecule has 0 radical (unpaired) electrons. The van der Waals surface area contributed by atoms with Gasteiger partial charge in [0, 0.05) is 11.1 Å². The molecule has 0 bridgehead atoms. The normalized spacial score (nSPS) is 16.3. The molecule has 0 unspecified atom stereocenters. The van der Waals surface area contributed by atoms with Gasteiger partial charge >= 0.3 is 0 Å². The molecule has 0 aromatic heterocycles. The lowest BCUT2D eigenvalue weighted by Crippen LogP contribution is -2.22. The van der Waals surface area contributed by atoms with Gasteiger partial charge in [0.15, 0.2) is 4.32 Å². The minimum Gasteiger partial charge on any atom is -0.266 e. The maximum atomic E-state index is 13.9. The molecule has 0 saturated carbocycles. The van der Waals surface area contributed by atoms with Crippen molar-refractivity contribution in [3.63, 3.8) is 0 Å². The van der Waals surface area contributed by atoms with Gasteiger partial charge in [-0.3, -0.25) is 4.79 Å². The lowest BCUT2D eigenvalue weighted by atomic mass is 10.2. The number of thioether (sulfide) groups is 1. The topological polar surface area (TPSA) is 32.7 Å². The second-order valence-corrected chi connectivity index (χ2v) is 7.50. The van der Waals surface area contributed by atoms with Gasteiger partial charge in [-0.15, -0.1) is 0 Å². The molecule has 26 heavy (non-hydrogen) atoms. The van der Waals surface area contributed by atoms with E-state index in [1.807, 2.05) is 0 Å². The number of hydrogen-bond acceptors (Lipinski definition) is 4. The second kappa shape index (κ2) is 7.84. The maximum absolute atomic E-state index is 13.9. The Bertz CT molecular complexity index is 939. The van der Waals surface area contributed by atoms with Crippen molar-refractivity contribution in [2.24, 2.45) is 5.10 Å². The highest BCUT2D eigenvalue weighted by Gasteiger charge is 2.32. The summed E-state index contributed by atoms with van der Waals surface area (Å²) in [5.74, 6) is -1.71. The second-order valence-electron chi connectivity index (χ2n) is 5.01. The predicted octanol–water partition coefficient (Wildman–Crippen LogP) is 5.51. The lowest BCUT2D eigenvalue weighted by Gasteiger charge is -2.07. The van der Waals surface area contributed by atoms with Crippen LogP contribution in [0.1, 0.15) is 11.1 Å². The molecule has 0 spiro atoms. The van der Waals surface area contributed by atoms with Gasteiger partial charge < -0.3 is 0 Å². The van der Waals surface area contributed by atoms with Gasteiger partial charge in [0.05, 0.1) is 21.2 Å². The highest BCUT2D eigenvalue weighted by atomic mass is 35.5. The third kappa shape index (κ3) is 3.81. The summed E-state index contributed by atoms with van der Waals surface area (Å²) in [6, 6.07) is 8.37. The van der Waals surface area contributed by atoms with E-state index in [1.165, 1.54) is 42.5 Å². The molecule has 1 heterocycles. The van der Waals surface area contributed by atoms with E-state index >= 15 is 0 Å². The van der Waals surface area contributed by atoms with Crippen LogP contribution in [0, 0.1) is 11.6 Å². The standard InChI is InChI=1S/C17H8Cl2F2N2OS2/c18-11-3-1-5-13(20)9(11)7-15-16(24)23(17(25)26-15)22-8-10-12(19)4-2-6-14(10)21/h1-8H. The first-order valence-corrected chi connectivity index (χ1v) is 9.06. The van der Waals surface area contributed by atoms with Crippen molar-refractivity contribution in [3.05, 3.63) is 74.1 Å². The first-order chi connectivity index (χ1) is 12.4. The fraction of sp³-hybridized carbons (Fsp3) is 0. The molecule has 9 heteroatoms. The van der Waals surface area contributed by atoms with Gasteiger partial charge in [-0.2, -0.15) is 10.1 Å². The molecule has 0 N–H and O–H groups in total. The number of hydrogen-bond donors (Lipinski definition) is 0. The van der Waals surface area contributed by atoms with Gasteiger partial charge in [0.25, 0.3) is 5.91 Å². The summed E-state index contributed by atoms with van der Waals surface area (Å²) in [5.41, 5.74) is 0.111. The molecular formula is C17H8Cl2F2N2OS2. The van der Waals surface area contributed by atoms with Crippen molar-refractivity contribution >= 4 is 69.7 Å². The number of nitrogens with zero attached hydrogens (tertiary/aromatic N) is 2. The number of benzene rings is 2. The van der Waals surface area contributed by atoms with Crippen LogP contribution in [0.4, 0.5) is 8.78 Å². The van der Waals surface area contributed by atoms with Crippen LogP contribution >= 0.6 is 47.2 Å². The van der Waals surface area contributed by atoms with Crippen LogP contribution in [-0.4, -0.2) is 21.5 Å². The highest BCUT2D eigenvalue weighted by molar-refractivity contribution is 8.26. The zero-order chi connectivity index (χ0) is 18.8. The van der Waals surface area contributed by atoms with Crippen molar-refractivity contribution in [3.8, 4) is 0 Å². The Kier molecular flexibility index (Phi) is 5.72. The summed E-state index contributed by atoms with van der Waals surface area (Å²) in [6.45, 7) is 0. The minimum absolute atomic E-state index is 0.0318. The molecule has 1 aliphatic heterocycles.